The van der Waals surface area contributed by atoms with E-state index in [1.54, 1.807) is 18.2 Å². The summed E-state index contributed by atoms with van der Waals surface area (Å²) in [5, 5.41) is 3.41. The molecule has 3 N–H and O–H groups in total. The van der Waals surface area contributed by atoms with Gasteiger partial charge in [0.15, 0.2) is 0 Å². The van der Waals surface area contributed by atoms with Crippen LogP contribution >= 0.6 is 11.6 Å². The Morgan fingerprint density at radius 1 is 1.61 bits per heavy atom. The van der Waals surface area contributed by atoms with E-state index >= 15 is 0 Å². The van der Waals surface area contributed by atoms with Crippen molar-refractivity contribution in [3.63, 3.8) is 0 Å². The van der Waals surface area contributed by atoms with Gasteiger partial charge in [-0.15, -0.1) is 0 Å². The molecule has 0 radical (unpaired) electrons. The molecule has 2 rings (SSSR count). The van der Waals surface area contributed by atoms with Gasteiger partial charge in [0.05, 0.1) is 10.7 Å². The lowest BCUT2D eigenvalue weighted by Gasteiger charge is -2.19. The number of nitrogens with two attached hydrogens (primary N) is 1. The summed E-state index contributed by atoms with van der Waals surface area (Å²) in [4.78, 5) is 14.2. The molecule has 98 valence electrons. The van der Waals surface area contributed by atoms with Crippen molar-refractivity contribution in [3.8, 4) is 0 Å². The van der Waals surface area contributed by atoms with Crippen molar-refractivity contribution < 1.29 is 4.79 Å². The lowest BCUT2D eigenvalue weighted by molar-refractivity contribution is 0.0943. The van der Waals surface area contributed by atoms with Gasteiger partial charge in [0.2, 0.25) is 0 Å². The predicted molar refractivity (Wildman–Crippen MR) is 73.8 cm³/mol. The average molecular weight is 268 g/mol. The van der Waals surface area contributed by atoms with Crippen molar-refractivity contribution in [1.29, 1.82) is 0 Å². The molecule has 1 aromatic carbocycles. The van der Waals surface area contributed by atoms with Crippen LogP contribution < -0.4 is 11.1 Å². The van der Waals surface area contributed by atoms with Gasteiger partial charge in [0, 0.05) is 18.2 Å². The fourth-order valence-electron chi connectivity index (χ4n) is 2.23. The van der Waals surface area contributed by atoms with E-state index in [1.165, 1.54) is 6.42 Å². The number of nitrogens with zero attached hydrogens (tertiary/aromatic N) is 1. The minimum atomic E-state index is -0.0985. The van der Waals surface area contributed by atoms with E-state index < -0.39 is 0 Å². The molecule has 1 aromatic rings. The van der Waals surface area contributed by atoms with Gasteiger partial charge >= 0.3 is 0 Å². The van der Waals surface area contributed by atoms with Crippen molar-refractivity contribution in [3.05, 3.63) is 28.8 Å². The summed E-state index contributed by atoms with van der Waals surface area (Å²) in [5.41, 5.74) is 6.66. The van der Waals surface area contributed by atoms with Crippen molar-refractivity contribution in [1.82, 2.24) is 10.2 Å². The SMILES string of the molecule is CN1CCCC1CNC(=O)c1ccc(Cl)c(N)c1. The van der Waals surface area contributed by atoms with Crippen LogP contribution in [-0.2, 0) is 0 Å². The smallest absolute Gasteiger partial charge is 0.251 e. The van der Waals surface area contributed by atoms with Crippen LogP contribution in [0.2, 0.25) is 5.02 Å². The number of likely N-dealkylation sites (N-methyl/N-ethyl adjacent to an activating group) is 1. The number of likely N-dealkylation sites (tertiary alicyclic amines) is 1. The fraction of sp³-hybridized carbons (Fsp3) is 0.462. The predicted octanol–water partition coefficient (Wildman–Crippen LogP) is 1.75. The van der Waals surface area contributed by atoms with E-state index in [9.17, 15) is 4.79 Å². The maximum atomic E-state index is 11.9. The number of hydrogen-bond acceptors (Lipinski definition) is 3. The molecule has 0 aromatic heterocycles. The Morgan fingerprint density at radius 3 is 3.00 bits per heavy atom. The van der Waals surface area contributed by atoms with Crippen LogP contribution in [-0.4, -0.2) is 37.0 Å². The van der Waals surface area contributed by atoms with Gasteiger partial charge in [-0.3, -0.25) is 4.79 Å². The van der Waals surface area contributed by atoms with Gasteiger partial charge in [-0.25, -0.2) is 0 Å². The molecule has 5 heteroatoms. The molecule has 4 nitrogen and oxygen atoms in total. The number of carbonyl (C=O) groups is 1. The van der Waals surface area contributed by atoms with Gasteiger partial charge in [0.25, 0.3) is 5.91 Å². The van der Waals surface area contributed by atoms with Crippen LogP contribution in [0.1, 0.15) is 23.2 Å². The maximum Gasteiger partial charge on any atom is 0.251 e. The molecule has 1 heterocycles. The zero-order valence-electron chi connectivity index (χ0n) is 10.4. The number of carbonyl (C=O) groups excluding carboxylic acids is 1. The Balaban J connectivity index is 1.93. The topological polar surface area (TPSA) is 58.4 Å². The summed E-state index contributed by atoms with van der Waals surface area (Å²) in [5.74, 6) is -0.0985. The summed E-state index contributed by atoms with van der Waals surface area (Å²) in [6.07, 6.45) is 2.34. The monoisotopic (exact) mass is 267 g/mol. The normalized spacial score (nSPS) is 20.0. The standard InChI is InChI=1S/C13H18ClN3O/c1-17-6-2-3-10(17)8-16-13(18)9-4-5-11(14)12(15)7-9/h4-5,7,10H,2-3,6,8,15H2,1H3,(H,16,18). The molecule has 1 atom stereocenters. The highest BCUT2D eigenvalue weighted by Crippen LogP contribution is 2.19. The summed E-state index contributed by atoms with van der Waals surface area (Å²) in [7, 11) is 2.09. The van der Waals surface area contributed by atoms with Crippen LogP contribution in [0.5, 0.6) is 0 Å². The molecule has 0 spiro atoms. The zero-order valence-corrected chi connectivity index (χ0v) is 11.2. The Labute approximate surface area is 112 Å². The molecule has 1 aliphatic rings. The van der Waals surface area contributed by atoms with Crippen molar-refractivity contribution in [2.45, 2.75) is 18.9 Å². The van der Waals surface area contributed by atoms with Crippen LogP contribution in [0, 0.1) is 0 Å². The number of amides is 1. The Hall–Kier alpha value is -1.26. The zero-order chi connectivity index (χ0) is 13.1. The molecule has 1 amide bonds. The Bertz CT molecular complexity index is 450. The van der Waals surface area contributed by atoms with Gasteiger partial charge in [-0.1, -0.05) is 11.6 Å². The van der Waals surface area contributed by atoms with Gasteiger partial charge in [-0.05, 0) is 44.6 Å². The van der Waals surface area contributed by atoms with Crippen LogP contribution in [0.4, 0.5) is 5.69 Å². The quantitative estimate of drug-likeness (QED) is 0.821. The highest BCUT2D eigenvalue weighted by atomic mass is 35.5. The third-order valence-corrected chi connectivity index (χ3v) is 3.77. The maximum absolute atomic E-state index is 11.9. The van der Waals surface area contributed by atoms with Crippen LogP contribution in [0.3, 0.4) is 0 Å². The molecule has 1 fully saturated rings. The number of halogens is 1. The first-order valence-corrected chi connectivity index (χ1v) is 6.49. The molecule has 18 heavy (non-hydrogen) atoms. The van der Waals surface area contributed by atoms with E-state index in [1.807, 2.05) is 0 Å². The van der Waals surface area contributed by atoms with E-state index in [-0.39, 0.29) is 5.91 Å². The highest BCUT2D eigenvalue weighted by molar-refractivity contribution is 6.33. The van der Waals surface area contributed by atoms with Crippen molar-refractivity contribution in [2.24, 2.45) is 0 Å². The lowest BCUT2D eigenvalue weighted by Crippen LogP contribution is -2.38. The Morgan fingerprint density at radius 2 is 2.39 bits per heavy atom. The molecule has 0 saturated carbocycles. The molecule has 1 aliphatic heterocycles. The molecule has 1 saturated heterocycles. The van der Waals surface area contributed by atoms with Gasteiger partial charge in [-0.2, -0.15) is 0 Å². The largest absolute Gasteiger partial charge is 0.398 e. The number of nitrogens with one attached hydrogen (secondary N) is 1. The second-order valence-corrected chi connectivity index (χ2v) is 5.13. The van der Waals surface area contributed by atoms with Crippen molar-refractivity contribution >= 4 is 23.2 Å². The first-order chi connectivity index (χ1) is 8.58. The second kappa shape index (κ2) is 5.59. The summed E-state index contributed by atoms with van der Waals surface area (Å²) in [6.45, 7) is 1.78. The van der Waals surface area contributed by atoms with Gasteiger partial charge in [0.1, 0.15) is 0 Å². The van der Waals surface area contributed by atoms with Crippen molar-refractivity contribution in [2.75, 3.05) is 25.9 Å². The molecular formula is C13H18ClN3O. The number of rotatable bonds is 3. The van der Waals surface area contributed by atoms with E-state index in [2.05, 4.69) is 17.3 Å². The number of nitrogen functional groups attached to an aromatic ring is 1. The van der Waals surface area contributed by atoms with Crippen LogP contribution in [0.25, 0.3) is 0 Å². The first-order valence-electron chi connectivity index (χ1n) is 6.11. The van der Waals surface area contributed by atoms with Gasteiger partial charge < -0.3 is 16.0 Å². The van der Waals surface area contributed by atoms with E-state index in [0.717, 1.165) is 13.0 Å². The fourth-order valence-corrected chi connectivity index (χ4v) is 2.35. The van der Waals surface area contributed by atoms with E-state index in [4.69, 9.17) is 17.3 Å². The number of benzene rings is 1. The molecule has 0 bridgehead atoms. The molecule has 0 aliphatic carbocycles. The third-order valence-electron chi connectivity index (χ3n) is 3.43. The summed E-state index contributed by atoms with van der Waals surface area (Å²) >= 11 is 5.82. The minimum absolute atomic E-state index is 0.0985. The second-order valence-electron chi connectivity index (χ2n) is 4.72. The third kappa shape index (κ3) is 2.94. The number of anilines is 1. The molecule has 1 unspecified atom stereocenters. The minimum Gasteiger partial charge on any atom is -0.398 e. The lowest BCUT2D eigenvalue weighted by atomic mass is 10.1. The van der Waals surface area contributed by atoms with E-state index in [0.29, 0.717) is 28.9 Å². The van der Waals surface area contributed by atoms with Crippen LogP contribution in [0.15, 0.2) is 18.2 Å². The number of hydrogen-bond donors (Lipinski definition) is 2. The Kier molecular flexibility index (Phi) is 4.09. The average Bonchev–Trinajstić information content (AvgIpc) is 2.75. The highest BCUT2D eigenvalue weighted by Gasteiger charge is 2.21. The summed E-state index contributed by atoms with van der Waals surface area (Å²) < 4.78 is 0. The summed E-state index contributed by atoms with van der Waals surface area (Å²) in [6, 6.07) is 5.38. The molecular weight excluding hydrogens is 250 g/mol. The first kappa shape index (κ1) is 13.2.